The number of aromatic nitrogens is 1. The van der Waals surface area contributed by atoms with Gasteiger partial charge in [-0.3, -0.25) is 4.79 Å². The van der Waals surface area contributed by atoms with Crippen LogP contribution in [0.3, 0.4) is 0 Å². The van der Waals surface area contributed by atoms with Gasteiger partial charge in [0.05, 0.1) is 24.1 Å². The number of hydrogen-bond acceptors (Lipinski definition) is 6. The van der Waals surface area contributed by atoms with Crippen molar-refractivity contribution < 1.29 is 9.53 Å². The van der Waals surface area contributed by atoms with Crippen LogP contribution in [0.5, 0.6) is 5.75 Å². The zero-order valence-electron chi connectivity index (χ0n) is 13.1. The number of carbonyl (C=O) groups is 1. The first-order valence-corrected chi connectivity index (χ1v) is 7.90. The maximum atomic E-state index is 12.5. The maximum absolute atomic E-state index is 12.5. The Morgan fingerprint density at radius 1 is 1.38 bits per heavy atom. The summed E-state index contributed by atoms with van der Waals surface area (Å²) in [6.07, 6.45) is 0. The predicted octanol–water partition coefficient (Wildman–Crippen LogP) is 3.32. The molecule has 2 aromatic heterocycles. The minimum absolute atomic E-state index is 0.281. The summed E-state index contributed by atoms with van der Waals surface area (Å²) in [6, 6.07) is 10.8. The average molecular weight is 338 g/mol. The topological polar surface area (TPSA) is 101 Å². The predicted molar refractivity (Wildman–Crippen MR) is 94.4 cm³/mol. The molecule has 7 heteroatoms. The van der Waals surface area contributed by atoms with Crippen LogP contribution in [0.15, 0.2) is 30.3 Å². The maximum Gasteiger partial charge on any atom is 0.257 e. The first-order chi connectivity index (χ1) is 11.5. The number of ether oxygens (including phenoxy) is 1. The van der Waals surface area contributed by atoms with E-state index in [1.54, 1.807) is 44.4 Å². The first-order valence-electron chi connectivity index (χ1n) is 7.08. The van der Waals surface area contributed by atoms with E-state index < -0.39 is 0 Å². The van der Waals surface area contributed by atoms with Crippen LogP contribution in [0.1, 0.15) is 20.9 Å². The van der Waals surface area contributed by atoms with Crippen molar-refractivity contribution in [3.05, 3.63) is 46.5 Å². The van der Waals surface area contributed by atoms with Crippen molar-refractivity contribution >= 4 is 38.8 Å². The van der Waals surface area contributed by atoms with E-state index in [1.165, 1.54) is 11.3 Å². The normalized spacial score (nSPS) is 10.4. The number of anilines is 2. The van der Waals surface area contributed by atoms with E-state index in [-0.39, 0.29) is 5.91 Å². The van der Waals surface area contributed by atoms with Crippen LogP contribution in [-0.4, -0.2) is 18.0 Å². The average Bonchev–Trinajstić information content (AvgIpc) is 2.89. The second-order valence-corrected chi connectivity index (χ2v) is 6.11. The van der Waals surface area contributed by atoms with Gasteiger partial charge in [0.1, 0.15) is 21.5 Å². The van der Waals surface area contributed by atoms with Crippen LogP contribution in [0.4, 0.5) is 11.4 Å². The lowest BCUT2D eigenvalue weighted by atomic mass is 10.1. The fourth-order valence-corrected chi connectivity index (χ4v) is 3.23. The highest BCUT2D eigenvalue weighted by Crippen LogP contribution is 2.33. The molecule has 0 aliphatic rings. The molecule has 0 radical (unpaired) electrons. The summed E-state index contributed by atoms with van der Waals surface area (Å²) in [5.74, 6) is 0.429. The van der Waals surface area contributed by atoms with Gasteiger partial charge in [-0.2, -0.15) is 5.26 Å². The van der Waals surface area contributed by atoms with E-state index >= 15 is 0 Å². The Kier molecular flexibility index (Phi) is 4.06. The molecule has 3 N–H and O–H groups in total. The Morgan fingerprint density at radius 2 is 2.08 bits per heavy atom. The third-order valence-corrected chi connectivity index (χ3v) is 4.63. The number of nitriles is 1. The summed E-state index contributed by atoms with van der Waals surface area (Å²) >= 11 is 1.22. The number of benzene rings is 1. The van der Waals surface area contributed by atoms with Crippen molar-refractivity contribution in [2.75, 3.05) is 18.2 Å². The molecule has 1 aromatic carbocycles. The number of pyridine rings is 1. The number of rotatable bonds is 3. The molecule has 0 saturated carbocycles. The Balaban J connectivity index is 1.95. The fourth-order valence-electron chi connectivity index (χ4n) is 2.31. The van der Waals surface area contributed by atoms with Gasteiger partial charge in [-0.15, -0.1) is 11.3 Å². The molecule has 0 bridgehead atoms. The number of fused-ring (bicyclic) bond motifs is 1. The quantitative estimate of drug-likeness (QED) is 0.763. The summed E-state index contributed by atoms with van der Waals surface area (Å²) in [7, 11) is 1.58. The van der Waals surface area contributed by atoms with Crippen LogP contribution < -0.4 is 15.8 Å². The van der Waals surface area contributed by atoms with Crippen molar-refractivity contribution in [3.8, 4) is 11.8 Å². The number of methoxy groups -OCH3 is 1. The highest BCUT2D eigenvalue weighted by Gasteiger charge is 2.17. The van der Waals surface area contributed by atoms with Gasteiger partial charge in [-0.1, -0.05) is 0 Å². The zero-order chi connectivity index (χ0) is 17.3. The van der Waals surface area contributed by atoms with Crippen LogP contribution >= 0.6 is 11.3 Å². The number of thiophene rings is 1. The molecule has 0 atom stereocenters. The number of nitrogens with zero attached hydrogens (tertiary/aromatic N) is 2. The number of carbonyl (C=O) groups excluding carboxylic acids is 1. The Hall–Kier alpha value is -3.11. The molecule has 2 heterocycles. The molecule has 3 aromatic rings. The first kappa shape index (κ1) is 15.8. The van der Waals surface area contributed by atoms with Crippen LogP contribution in [0.2, 0.25) is 0 Å². The van der Waals surface area contributed by atoms with Crippen molar-refractivity contribution in [2.45, 2.75) is 6.92 Å². The molecule has 6 nitrogen and oxygen atoms in total. The largest absolute Gasteiger partial charge is 0.497 e. The van der Waals surface area contributed by atoms with Gasteiger partial charge in [0.25, 0.3) is 5.91 Å². The monoisotopic (exact) mass is 338 g/mol. The van der Waals surface area contributed by atoms with Gasteiger partial charge in [0.2, 0.25) is 0 Å². The van der Waals surface area contributed by atoms with E-state index in [1.807, 2.05) is 6.07 Å². The van der Waals surface area contributed by atoms with Gasteiger partial charge in [-0.25, -0.2) is 4.98 Å². The van der Waals surface area contributed by atoms with E-state index in [0.29, 0.717) is 43.5 Å². The third-order valence-electron chi connectivity index (χ3n) is 3.61. The van der Waals surface area contributed by atoms with Crippen LogP contribution in [0, 0.1) is 18.3 Å². The second-order valence-electron chi connectivity index (χ2n) is 5.11. The lowest BCUT2D eigenvalue weighted by Crippen LogP contribution is -2.14. The molecular weight excluding hydrogens is 324 g/mol. The van der Waals surface area contributed by atoms with Crippen molar-refractivity contribution in [1.29, 1.82) is 5.26 Å². The second kappa shape index (κ2) is 6.18. The number of nitrogens with one attached hydrogen (secondary N) is 1. The third kappa shape index (κ3) is 2.75. The van der Waals surface area contributed by atoms with Gasteiger partial charge in [0, 0.05) is 11.1 Å². The van der Waals surface area contributed by atoms with Crippen LogP contribution in [-0.2, 0) is 0 Å². The Morgan fingerprint density at radius 3 is 2.71 bits per heavy atom. The Bertz CT molecular complexity index is 971. The van der Waals surface area contributed by atoms with Gasteiger partial charge >= 0.3 is 0 Å². The van der Waals surface area contributed by atoms with Gasteiger partial charge < -0.3 is 15.8 Å². The smallest absolute Gasteiger partial charge is 0.257 e. The standard InChI is InChI=1S/C17H14N4O2S/c1-9-12(7-13-15(19)14(8-18)24-17(13)20-9)16(22)21-10-3-5-11(23-2)6-4-10/h3-7H,19H2,1-2H3,(H,21,22). The zero-order valence-corrected chi connectivity index (χ0v) is 13.9. The molecule has 1 amide bonds. The summed E-state index contributed by atoms with van der Waals surface area (Å²) in [4.78, 5) is 18.0. The minimum Gasteiger partial charge on any atom is -0.497 e. The van der Waals surface area contributed by atoms with Crippen LogP contribution in [0.25, 0.3) is 10.2 Å². The van der Waals surface area contributed by atoms with E-state index in [0.717, 1.165) is 0 Å². The molecular formula is C17H14N4O2S. The fraction of sp³-hybridized carbons (Fsp3) is 0.118. The van der Waals surface area contributed by atoms with Crippen molar-refractivity contribution in [3.63, 3.8) is 0 Å². The molecule has 0 spiro atoms. The number of nitrogen functional groups attached to an aromatic ring is 1. The van der Waals surface area contributed by atoms with E-state index in [4.69, 9.17) is 15.7 Å². The molecule has 24 heavy (non-hydrogen) atoms. The molecule has 0 fully saturated rings. The van der Waals surface area contributed by atoms with E-state index in [2.05, 4.69) is 10.3 Å². The van der Waals surface area contributed by atoms with E-state index in [9.17, 15) is 4.79 Å². The molecule has 0 unspecified atom stereocenters. The van der Waals surface area contributed by atoms with Crippen molar-refractivity contribution in [1.82, 2.24) is 4.98 Å². The highest BCUT2D eigenvalue weighted by atomic mass is 32.1. The minimum atomic E-state index is -0.281. The molecule has 0 aliphatic carbocycles. The number of aryl methyl sites for hydroxylation is 1. The summed E-state index contributed by atoms with van der Waals surface area (Å²) in [5, 5.41) is 12.5. The molecule has 0 saturated heterocycles. The number of nitrogens with two attached hydrogens (primary N) is 1. The summed E-state index contributed by atoms with van der Waals surface area (Å²) < 4.78 is 5.09. The molecule has 3 rings (SSSR count). The highest BCUT2D eigenvalue weighted by molar-refractivity contribution is 7.19. The van der Waals surface area contributed by atoms with Crippen molar-refractivity contribution in [2.24, 2.45) is 0 Å². The van der Waals surface area contributed by atoms with Gasteiger partial charge in [-0.05, 0) is 37.3 Å². The number of hydrogen-bond donors (Lipinski definition) is 2. The Labute approximate surface area is 142 Å². The van der Waals surface area contributed by atoms with Gasteiger partial charge in [0.15, 0.2) is 0 Å². The SMILES string of the molecule is COc1ccc(NC(=O)c2cc3c(N)c(C#N)sc3nc2C)cc1. The molecule has 120 valence electrons. The summed E-state index contributed by atoms with van der Waals surface area (Å²) in [6.45, 7) is 1.75. The lowest BCUT2D eigenvalue weighted by molar-refractivity contribution is 0.102. The molecule has 0 aliphatic heterocycles. The lowest BCUT2D eigenvalue weighted by Gasteiger charge is -2.08. The summed E-state index contributed by atoms with van der Waals surface area (Å²) in [5.41, 5.74) is 7.98. The number of amides is 1.